The first-order valence-corrected chi connectivity index (χ1v) is 24.0. The number of hydrogen-bond acceptors (Lipinski definition) is 17. The molecule has 379 valence electrons. The minimum absolute atomic E-state index is 0. The number of carbonyl (C=O) groups excluding carboxylic acids is 5. The van der Waals surface area contributed by atoms with Crippen LogP contribution in [0.1, 0.15) is 83.6 Å². The Morgan fingerprint density at radius 1 is 0.739 bits per heavy atom. The third-order valence-electron chi connectivity index (χ3n) is 8.77. The molecule has 6 rings (SSSR count). The molecule has 3 aliphatic rings. The van der Waals surface area contributed by atoms with Crippen molar-refractivity contribution in [3.05, 3.63) is 71.7 Å². The van der Waals surface area contributed by atoms with Crippen molar-refractivity contribution in [1.29, 1.82) is 0 Å². The van der Waals surface area contributed by atoms with E-state index in [1.807, 2.05) is 26.3 Å². The van der Waals surface area contributed by atoms with E-state index in [4.69, 9.17) is 36.1 Å². The van der Waals surface area contributed by atoms with Crippen LogP contribution < -0.4 is 57.9 Å². The van der Waals surface area contributed by atoms with Gasteiger partial charge in [-0.1, -0.05) is 7.43 Å². The second kappa shape index (κ2) is 42.2. The third-order valence-corrected chi connectivity index (χ3v) is 10.9. The number of rotatable bonds is 14. The molecule has 0 spiro atoms. The van der Waals surface area contributed by atoms with Gasteiger partial charge < -0.3 is 69.6 Å². The van der Waals surface area contributed by atoms with Crippen LogP contribution in [0.15, 0.2) is 50.2 Å². The molecule has 0 bridgehead atoms. The summed E-state index contributed by atoms with van der Waals surface area (Å²) in [5.41, 5.74) is 0.727. The van der Waals surface area contributed by atoms with E-state index in [9.17, 15) is 29.1 Å². The molecule has 26 heteroatoms. The molecule has 0 saturated heterocycles. The molecule has 1 N–H and O–H groups in total. The first-order valence-electron chi connectivity index (χ1n) is 19.6. The number of ether oxygens (including phenoxy) is 6. The Bertz CT molecular complexity index is 2060. The first kappa shape index (κ1) is 76.7. The van der Waals surface area contributed by atoms with Gasteiger partial charge in [0, 0.05) is 49.8 Å². The molecule has 3 fully saturated rings. The number of aldehydes is 1. The third kappa shape index (κ3) is 27.6. The summed E-state index contributed by atoms with van der Waals surface area (Å²) in [6.07, 6.45) is 8.73. The zero-order valence-corrected chi connectivity index (χ0v) is 49.9. The zero-order valence-electron chi connectivity index (χ0n) is 38.9. The molecule has 7 atom stereocenters. The Morgan fingerprint density at radius 2 is 1.14 bits per heavy atom. The van der Waals surface area contributed by atoms with Crippen molar-refractivity contribution in [3.8, 4) is 17.2 Å². The fourth-order valence-electron chi connectivity index (χ4n) is 5.47. The van der Waals surface area contributed by atoms with Crippen molar-refractivity contribution < 1.29 is 124 Å². The van der Waals surface area contributed by atoms with E-state index in [0.29, 0.717) is 56.3 Å². The van der Waals surface area contributed by atoms with Gasteiger partial charge in [0.1, 0.15) is 39.0 Å². The van der Waals surface area contributed by atoms with Crippen molar-refractivity contribution >= 4 is 123 Å². The van der Waals surface area contributed by atoms with Crippen LogP contribution >= 0.6 is 70.4 Å². The quantitative estimate of drug-likeness (QED) is 0.0311. The number of halogens is 6. The fourth-order valence-corrected chi connectivity index (χ4v) is 6.91. The van der Waals surface area contributed by atoms with Crippen molar-refractivity contribution in [2.24, 2.45) is 35.5 Å². The SMILES string of the molecule is C.CCOC(=O)C1CC1C(=O)c1ncc(Br)cc1OC.CCOC(=O)C1CC1C(O)c1ncc(Br)cc1OC.CCOC(=O)C1CC1C=O.COc1cc(Br)cnc1I.C[CH-]C.[Cl-].[Cl-].[Li+].[Mg+2].[O]=[Mn]=[O]. The molecule has 3 aromatic rings. The van der Waals surface area contributed by atoms with E-state index < -0.39 is 20.9 Å². The summed E-state index contributed by atoms with van der Waals surface area (Å²) in [4.78, 5) is 68.5. The predicted molar refractivity (Wildman–Crippen MR) is 258 cm³/mol. The summed E-state index contributed by atoms with van der Waals surface area (Å²) in [6.45, 7) is 10.4. The molecule has 69 heavy (non-hydrogen) atoms. The average Bonchev–Trinajstić information content (AvgIpc) is 4.15. The molecule has 3 saturated carbocycles. The number of aliphatic hydroxyl groups excluding tert-OH is 1. The minimum atomic E-state index is -1.44. The zero-order chi connectivity index (χ0) is 48.5. The molecule has 0 radical (unpaired) electrons. The van der Waals surface area contributed by atoms with E-state index >= 15 is 0 Å². The molecule has 17 nitrogen and oxygen atoms in total. The maximum atomic E-state index is 12.3. The molecule has 0 aliphatic heterocycles. The van der Waals surface area contributed by atoms with Crippen LogP contribution in [-0.2, 0) is 55.9 Å². The van der Waals surface area contributed by atoms with Crippen molar-refractivity contribution in [3.63, 3.8) is 0 Å². The summed E-state index contributed by atoms with van der Waals surface area (Å²) < 4.78 is 50.1. The van der Waals surface area contributed by atoms with Gasteiger partial charge >= 0.3 is 82.3 Å². The van der Waals surface area contributed by atoms with E-state index in [2.05, 4.69) is 85.3 Å². The topological polar surface area (TPSA) is 234 Å². The molecule has 3 aliphatic carbocycles. The van der Waals surface area contributed by atoms with Crippen LogP contribution in [0.5, 0.6) is 17.2 Å². The van der Waals surface area contributed by atoms with Crippen LogP contribution in [0.4, 0.5) is 0 Å². The summed E-state index contributed by atoms with van der Waals surface area (Å²) in [6, 6.07) is 5.31. The van der Waals surface area contributed by atoms with Crippen LogP contribution in [0.2, 0.25) is 0 Å². The van der Waals surface area contributed by atoms with Crippen molar-refractivity contribution in [1.82, 2.24) is 15.0 Å². The summed E-state index contributed by atoms with van der Waals surface area (Å²) in [5.74, 6) is -0.436. The van der Waals surface area contributed by atoms with Crippen LogP contribution in [0.3, 0.4) is 0 Å². The van der Waals surface area contributed by atoms with E-state index in [0.717, 1.165) is 29.2 Å². The summed E-state index contributed by atoms with van der Waals surface area (Å²) in [5, 5.41) is 10.3. The summed E-state index contributed by atoms with van der Waals surface area (Å²) >= 11 is 10.5. The molecular weight excluding hydrogens is 1310 g/mol. The molecule has 0 amide bonds. The first-order chi connectivity index (χ1) is 30.5. The Balaban J connectivity index is -0.000000256. The van der Waals surface area contributed by atoms with Gasteiger partial charge in [0.2, 0.25) is 0 Å². The van der Waals surface area contributed by atoms with Gasteiger partial charge in [-0.15, -0.1) is 0 Å². The number of Topliss-reactive ketones (excluding diaryl/α,β-unsaturated/α-hetero) is 1. The normalized spacial score (nSPS) is 18.0. The second-order valence-electron chi connectivity index (χ2n) is 13.4. The Labute approximate surface area is 489 Å². The number of aromatic nitrogens is 3. The Morgan fingerprint density at radius 3 is 1.57 bits per heavy atom. The maximum absolute atomic E-state index is 12.3. The average molecular weight is 1360 g/mol. The van der Waals surface area contributed by atoms with Crippen LogP contribution in [0.25, 0.3) is 0 Å². The number of esters is 3. The Hall–Kier alpha value is -1.21. The van der Waals surface area contributed by atoms with E-state index in [1.54, 1.807) is 52.4 Å². The van der Waals surface area contributed by atoms with E-state index in [-0.39, 0.29) is 139 Å². The Kier molecular flexibility index (Phi) is 46.9. The molecule has 0 aromatic carbocycles. The van der Waals surface area contributed by atoms with Crippen LogP contribution in [0, 0.1) is 45.6 Å². The monoisotopic (exact) mass is 1360 g/mol. The summed E-state index contributed by atoms with van der Waals surface area (Å²) in [7, 11) is 4.64. The van der Waals surface area contributed by atoms with Gasteiger partial charge in [0.05, 0.1) is 58.9 Å². The standard InChI is InChI=1S/C13H16BrNO4.C13H14BrNO4.C7H10O3.C6H5BrINO.C3H7.CH4.2ClH.Li.Mg.Mn.2O/c2*1-3-19-13(17)9-5-8(9)12(16)11-10(18-2)4-7(14)6-15-11;1-2-10-7(9)6-3-5(6)4-8;1-10-5-2-4(7)3-9-6(5)8;1-3-2;;;;;;;;/h4,6,8-9,12,16H,3,5H2,1-2H3;4,6,8-9H,3,5H2,1-2H3;4-6H,2-3H2,1H3;2-3H,1H3;3H,1-2H3;1H4;2*1H;;;;;/q;;;;-1;;;;+1;+2;;;/p-2. The van der Waals surface area contributed by atoms with Crippen LogP contribution in [-0.4, -0.2) is 114 Å². The van der Waals surface area contributed by atoms with E-state index in [1.165, 1.54) is 20.4 Å². The van der Waals surface area contributed by atoms with Gasteiger partial charge in [-0.25, -0.2) is 9.97 Å². The predicted octanol–water partition coefficient (Wildman–Crippen LogP) is -0.581. The second-order valence-corrected chi connectivity index (χ2v) is 17.4. The number of carbonyl (C=O) groups is 5. The number of ketones is 1. The van der Waals surface area contributed by atoms with Gasteiger partial charge in [0.25, 0.3) is 0 Å². The number of methoxy groups -OCH3 is 3. The van der Waals surface area contributed by atoms with Gasteiger partial charge in [-0.3, -0.25) is 24.2 Å². The molecule has 7 unspecified atom stereocenters. The van der Waals surface area contributed by atoms with Gasteiger partial charge in [0.15, 0.2) is 11.5 Å². The molecule has 3 aromatic heterocycles. The molecule has 3 heterocycles. The number of aliphatic hydroxyl groups is 1. The van der Waals surface area contributed by atoms with Crippen molar-refractivity contribution in [2.75, 3.05) is 41.2 Å². The number of pyridine rings is 3. The fraction of sp³-hybridized carbons (Fsp3) is 0.512. The number of nitrogens with zero attached hydrogens (tertiary/aromatic N) is 3. The number of hydrogen-bond donors (Lipinski definition) is 1. The van der Waals surface area contributed by atoms with Gasteiger partial charge in [-0.2, -0.15) is 13.8 Å². The molecular formula is C43H56Br3Cl2ILiMgMnN3O14. The van der Waals surface area contributed by atoms with Gasteiger partial charge in [-0.05, 0) is 129 Å². The van der Waals surface area contributed by atoms with Crippen molar-refractivity contribution in [2.45, 2.75) is 67.4 Å².